The van der Waals surface area contributed by atoms with E-state index in [0.717, 1.165) is 0 Å². The highest BCUT2D eigenvalue weighted by Gasteiger charge is 2.37. The zero-order valence-electron chi connectivity index (χ0n) is 8.63. The normalized spacial score (nSPS) is 35.9. The van der Waals surface area contributed by atoms with Crippen LogP contribution in [-0.2, 0) is 4.79 Å². The van der Waals surface area contributed by atoms with Gasteiger partial charge < -0.3 is 0 Å². The lowest BCUT2D eigenvalue weighted by molar-refractivity contribution is -0.123. The maximum atomic E-state index is 11.4. The highest BCUT2D eigenvalue weighted by molar-refractivity contribution is 5.79. The van der Waals surface area contributed by atoms with Gasteiger partial charge in [-0.1, -0.05) is 20.8 Å². The van der Waals surface area contributed by atoms with Crippen molar-refractivity contribution in [3.05, 3.63) is 0 Å². The van der Waals surface area contributed by atoms with Gasteiger partial charge in [0.2, 0.25) is 0 Å². The first-order chi connectivity index (χ1) is 5.54. The molecule has 0 aromatic heterocycles. The van der Waals surface area contributed by atoms with Gasteiger partial charge in [0.25, 0.3) is 0 Å². The van der Waals surface area contributed by atoms with Crippen molar-refractivity contribution in [1.82, 2.24) is 0 Å². The summed E-state index contributed by atoms with van der Waals surface area (Å²) in [5.41, 5.74) is 0. The molecule has 0 radical (unpaired) electrons. The zero-order valence-corrected chi connectivity index (χ0v) is 8.63. The van der Waals surface area contributed by atoms with Gasteiger partial charge >= 0.3 is 0 Å². The first-order valence-electron chi connectivity index (χ1n) is 5.04. The third-order valence-corrected chi connectivity index (χ3v) is 3.36. The second kappa shape index (κ2) is 3.59. The first kappa shape index (κ1) is 9.76. The molecule has 0 heterocycles. The summed E-state index contributed by atoms with van der Waals surface area (Å²) in [5, 5.41) is 0. The molecule has 1 heteroatoms. The van der Waals surface area contributed by atoms with Crippen LogP contribution in [0.3, 0.4) is 0 Å². The van der Waals surface area contributed by atoms with Gasteiger partial charge in [0, 0.05) is 5.92 Å². The Morgan fingerprint density at radius 2 is 1.92 bits per heavy atom. The molecule has 1 saturated carbocycles. The van der Waals surface area contributed by atoms with Gasteiger partial charge in [-0.15, -0.1) is 0 Å². The smallest absolute Gasteiger partial charge is 0.133 e. The molecular weight excluding hydrogens is 148 g/mol. The number of hydrogen-bond acceptors (Lipinski definition) is 1. The maximum absolute atomic E-state index is 11.4. The molecule has 0 saturated heterocycles. The number of Topliss-reactive ketones (excluding diaryl/α,β-unsaturated/α-hetero) is 1. The van der Waals surface area contributed by atoms with Crippen molar-refractivity contribution in [2.45, 2.75) is 40.5 Å². The molecule has 0 aliphatic heterocycles. The lowest BCUT2D eigenvalue weighted by atomic mass is 9.81. The molecule has 1 nitrogen and oxygen atoms in total. The molecule has 1 aliphatic rings. The minimum absolute atomic E-state index is 0.352. The Morgan fingerprint density at radius 3 is 2.25 bits per heavy atom. The number of rotatable bonds is 2. The van der Waals surface area contributed by atoms with E-state index in [1.165, 1.54) is 12.8 Å². The van der Waals surface area contributed by atoms with Crippen LogP contribution in [0.4, 0.5) is 0 Å². The molecule has 0 aromatic rings. The Balaban J connectivity index is 2.70. The summed E-state index contributed by atoms with van der Waals surface area (Å²) in [6, 6.07) is 0. The van der Waals surface area contributed by atoms with Crippen LogP contribution in [-0.4, -0.2) is 5.78 Å². The van der Waals surface area contributed by atoms with E-state index in [-0.39, 0.29) is 0 Å². The highest BCUT2D eigenvalue weighted by Crippen LogP contribution is 2.41. The zero-order chi connectivity index (χ0) is 9.30. The Morgan fingerprint density at radius 1 is 1.33 bits per heavy atom. The average molecular weight is 168 g/mol. The summed E-state index contributed by atoms with van der Waals surface area (Å²) in [7, 11) is 0. The summed E-state index contributed by atoms with van der Waals surface area (Å²) >= 11 is 0. The Hall–Kier alpha value is -0.330. The van der Waals surface area contributed by atoms with Crippen molar-refractivity contribution in [2.24, 2.45) is 23.7 Å². The Kier molecular flexibility index (Phi) is 2.92. The van der Waals surface area contributed by atoms with E-state index in [0.29, 0.717) is 29.5 Å². The van der Waals surface area contributed by atoms with E-state index in [1.54, 1.807) is 6.92 Å². The van der Waals surface area contributed by atoms with Crippen molar-refractivity contribution in [3.8, 4) is 0 Å². The molecule has 1 aliphatic carbocycles. The van der Waals surface area contributed by atoms with Crippen LogP contribution in [0.2, 0.25) is 0 Å². The number of carbonyl (C=O) groups excluding carboxylic acids is 1. The molecule has 0 bridgehead atoms. The van der Waals surface area contributed by atoms with Crippen LogP contribution in [0.15, 0.2) is 0 Å². The van der Waals surface area contributed by atoms with Gasteiger partial charge in [-0.3, -0.25) is 4.79 Å². The van der Waals surface area contributed by atoms with Crippen LogP contribution < -0.4 is 0 Å². The van der Waals surface area contributed by atoms with Crippen molar-refractivity contribution in [1.29, 1.82) is 0 Å². The van der Waals surface area contributed by atoms with Gasteiger partial charge in [-0.05, 0) is 37.5 Å². The minimum Gasteiger partial charge on any atom is -0.300 e. The SMILES string of the molecule is CC(=O)[C@@H]1[C@H](C)CC[C@H]1C(C)C. The number of hydrogen-bond donors (Lipinski definition) is 0. The molecule has 0 unspecified atom stereocenters. The minimum atomic E-state index is 0.352. The summed E-state index contributed by atoms with van der Waals surface area (Å²) in [6.45, 7) is 8.44. The third kappa shape index (κ3) is 1.70. The second-order valence-corrected chi connectivity index (χ2v) is 4.60. The largest absolute Gasteiger partial charge is 0.300 e. The van der Waals surface area contributed by atoms with Gasteiger partial charge in [0.15, 0.2) is 0 Å². The summed E-state index contributed by atoms with van der Waals surface area (Å²) in [5.74, 6) is 2.69. The van der Waals surface area contributed by atoms with E-state index in [2.05, 4.69) is 20.8 Å². The van der Waals surface area contributed by atoms with Crippen molar-refractivity contribution in [2.75, 3.05) is 0 Å². The van der Waals surface area contributed by atoms with Gasteiger partial charge in [0.1, 0.15) is 5.78 Å². The van der Waals surface area contributed by atoms with Crippen LogP contribution in [0.1, 0.15) is 40.5 Å². The van der Waals surface area contributed by atoms with Crippen LogP contribution in [0, 0.1) is 23.7 Å². The lowest BCUT2D eigenvalue weighted by Gasteiger charge is -2.23. The number of carbonyl (C=O) groups is 1. The summed E-state index contributed by atoms with van der Waals surface area (Å²) in [6.07, 6.45) is 2.50. The Bertz CT molecular complexity index is 172. The second-order valence-electron chi connectivity index (χ2n) is 4.60. The van der Waals surface area contributed by atoms with E-state index >= 15 is 0 Å². The fourth-order valence-electron chi connectivity index (χ4n) is 2.69. The van der Waals surface area contributed by atoms with E-state index in [9.17, 15) is 4.79 Å². The summed E-state index contributed by atoms with van der Waals surface area (Å²) < 4.78 is 0. The highest BCUT2D eigenvalue weighted by atomic mass is 16.1. The quantitative estimate of drug-likeness (QED) is 0.619. The predicted octanol–water partition coefficient (Wildman–Crippen LogP) is 2.89. The standard InChI is InChI=1S/C11H20O/c1-7(2)10-6-5-8(3)11(10)9(4)12/h7-8,10-11H,5-6H2,1-4H3/t8-,10+,11+/m1/s1. The predicted molar refractivity (Wildman–Crippen MR) is 50.9 cm³/mol. The molecule has 0 spiro atoms. The molecule has 1 fully saturated rings. The maximum Gasteiger partial charge on any atom is 0.133 e. The number of ketones is 1. The van der Waals surface area contributed by atoms with Gasteiger partial charge in [-0.25, -0.2) is 0 Å². The van der Waals surface area contributed by atoms with Crippen LogP contribution in [0.25, 0.3) is 0 Å². The summed E-state index contributed by atoms with van der Waals surface area (Å²) in [4.78, 5) is 11.4. The fourth-order valence-corrected chi connectivity index (χ4v) is 2.69. The molecule has 1 rings (SSSR count). The topological polar surface area (TPSA) is 17.1 Å². The molecule has 3 atom stereocenters. The van der Waals surface area contributed by atoms with E-state index < -0.39 is 0 Å². The van der Waals surface area contributed by atoms with Gasteiger partial charge in [0.05, 0.1) is 0 Å². The van der Waals surface area contributed by atoms with Crippen molar-refractivity contribution < 1.29 is 4.79 Å². The fraction of sp³-hybridized carbons (Fsp3) is 0.909. The van der Waals surface area contributed by atoms with Crippen LogP contribution >= 0.6 is 0 Å². The first-order valence-corrected chi connectivity index (χ1v) is 5.04. The van der Waals surface area contributed by atoms with Gasteiger partial charge in [-0.2, -0.15) is 0 Å². The molecule has 70 valence electrons. The van der Waals surface area contributed by atoms with Crippen LogP contribution in [0.5, 0.6) is 0 Å². The third-order valence-electron chi connectivity index (χ3n) is 3.36. The monoisotopic (exact) mass is 168 g/mol. The van der Waals surface area contributed by atoms with E-state index in [1.807, 2.05) is 0 Å². The molecule has 0 amide bonds. The lowest BCUT2D eigenvalue weighted by Crippen LogP contribution is -2.24. The van der Waals surface area contributed by atoms with Crippen molar-refractivity contribution >= 4 is 5.78 Å². The average Bonchev–Trinajstić information content (AvgIpc) is 2.30. The van der Waals surface area contributed by atoms with Crippen molar-refractivity contribution in [3.63, 3.8) is 0 Å². The molecule has 0 aromatic carbocycles. The molecule has 12 heavy (non-hydrogen) atoms. The Labute approximate surface area is 75.5 Å². The van der Waals surface area contributed by atoms with E-state index in [4.69, 9.17) is 0 Å². The molecular formula is C11H20O. The molecule has 0 N–H and O–H groups in total.